The molecule has 0 aromatic carbocycles. The molecular weight excluding hydrogens is 396 g/mol. The molecule has 3 fully saturated rings. The van der Waals surface area contributed by atoms with Crippen LogP contribution in [0.2, 0.25) is 0 Å². The third-order valence-corrected chi connectivity index (χ3v) is 7.76. The smallest absolute Gasteiger partial charge is 0.134 e. The maximum atomic E-state index is 9.23. The molecule has 1 aliphatic carbocycles. The van der Waals surface area contributed by atoms with E-state index >= 15 is 0 Å². The first-order chi connectivity index (χ1) is 15.7. The van der Waals surface area contributed by atoms with Crippen LogP contribution in [0.1, 0.15) is 69.4 Å². The molecule has 0 spiro atoms. The fourth-order valence-electron chi connectivity index (χ4n) is 5.76. The molecule has 3 aliphatic rings. The van der Waals surface area contributed by atoms with Gasteiger partial charge in [0.15, 0.2) is 0 Å². The van der Waals surface area contributed by atoms with E-state index in [9.17, 15) is 5.26 Å². The summed E-state index contributed by atoms with van der Waals surface area (Å²) in [5, 5.41) is 12.6. The van der Waals surface area contributed by atoms with E-state index in [1.54, 1.807) is 18.3 Å². The van der Waals surface area contributed by atoms with Gasteiger partial charge in [0, 0.05) is 24.8 Å². The number of pyridine rings is 2. The van der Waals surface area contributed by atoms with Gasteiger partial charge in [-0.15, -0.1) is 0 Å². The highest BCUT2D eigenvalue weighted by molar-refractivity contribution is 5.60. The molecule has 2 aliphatic heterocycles. The summed E-state index contributed by atoms with van der Waals surface area (Å²) in [7, 11) is 0. The number of nitrogens with zero attached hydrogens (tertiary/aromatic N) is 5. The molecule has 2 aromatic rings. The highest BCUT2D eigenvalue weighted by Crippen LogP contribution is 2.46. The first-order valence-electron chi connectivity index (χ1n) is 12.3. The van der Waals surface area contributed by atoms with Crippen molar-refractivity contribution in [2.45, 2.75) is 70.4 Å². The summed E-state index contributed by atoms with van der Waals surface area (Å²) in [6.45, 7) is 8.09. The van der Waals surface area contributed by atoms with Gasteiger partial charge in [-0.1, -0.05) is 13.8 Å². The molecule has 5 rings (SSSR count). The lowest BCUT2D eigenvalue weighted by Gasteiger charge is -2.37. The monoisotopic (exact) mass is 430 g/mol. The van der Waals surface area contributed by atoms with Crippen molar-refractivity contribution in [1.29, 1.82) is 5.26 Å². The number of rotatable bonds is 7. The van der Waals surface area contributed by atoms with Crippen LogP contribution in [0.25, 0.3) is 0 Å². The summed E-state index contributed by atoms with van der Waals surface area (Å²) in [5.74, 6) is 4.06. The summed E-state index contributed by atoms with van der Waals surface area (Å²) in [6.07, 6.45) is 9.16. The van der Waals surface area contributed by atoms with Crippen LogP contribution in [-0.2, 0) is 0 Å². The minimum Gasteiger partial charge on any atom is -0.353 e. The van der Waals surface area contributed by atoms with Gasteiger partial charge in [0.25, 0.3) is 0 Å². The molecule has 2 unspecified atom stereocenters. The van der Waals surface area contributed by atoms with Crippen LogP contribution in [0.5, 0.6) is 0 Å². The van der Waals surface area contributed by atoms with Crippen LogP contribution >= 0.6 is 0 Å². The van der Waals surface area contributed by atoms with Crippen molar-refractivity contribution in [3.63, 3.8) is 0 Å². The lowest BCUT2D eigenvalue weighted by atomic mass is 9.88. The fourth-order valence-corrected chi connectivity index (χ4v) is 5.76. The zero-order valence-corrected chi connectivity index (χ0v) is 19.3. The van der Waals surface area contributed by atoms with Crippen molar-refractivity contribution in [1.82, 2.24) is 14.9 Å². The Morgan fingerprint density at radius 2 is 1.91 bits per heavy atom. The highest BCUT2D eigenvalue weighted by Gasteiger charge is 2.47. The molecule has 6 heteroatoms. The second-order valence-corrected chi connectivity index (χ2v) is 9.64. The predicted molar refractivity (Wildman–Crippen MR) is 128 cm³/mol. The van der Waals surface area contributed by atoms with Gasteiger partial charge in [-0.3, -0.25) is 0 Å². The van der Waals surface area contributed by atoms with E-state index in [0.29, 0.717) is 23.3 Å². The maximum Gasteiger partial charge on any atom is 0.134 e. The number of aromatic nitrogens is 2. The van der Waals surface area contributed by atoms with Gasteiger partial charge in [0.1, 0.15) is 17.5 Å². The Labute approximate surface area is 191 Å². The average Bonchev–Trinajstić information content (AvgIpc) is 3.49. The van der Waals surface area contributed by atoms with E-state index < -0.39 is 0 Å². The van der Waals surface area contributed by atoms with Crippen LogP contribution in [0.3, 0.4) is 0 Å². The topological polar surface area (TPSA) is 68.1 Å². The molecule has 2 aromatic heterocycles. The van der Waals surface area contributed by atoms with Gasteiger partial charge in [0.05, 0.1) is 11.6 Å². The summed E-state index contributed by atoms with van der Waals surface area (Å²) < 4.78 is 0. The van der Waals surface area contributed by atoms with Crippen molar-refractivity contribution in [2.24, 2.45) is 5.92 Å². The first kappa shape index (κ1) is 21.2. The van der Waals surface area contributed by atoms with Crippen molar-refractivity contribution in [3.05, 3.63) is 41.6 Å². The van der Waals surface area contributed by atoms with E-state index in [2.05, 4.69) is 52.2 Å². The van der Waals surface area contributed by atoms with E-state index in [1.165, 1.54) is 57.2 Å². The number of likely N-dealkylation sites (tertiary alicyclic amines) is 1. The fraction of sp³-hybridized carbons (Fsp3) is 0.577. The molecule has 0 amide bonds. The number of nitriles is 1. The lowest BCUT2D eigenvalue weighted by molar-refractivity contribution is 0.144. The molecule has 2 atom stereocenters. The minimum absolute atomic E-state index is 0.568. The van der Waals surface area contributed by atoms with Crippen LogP contribution in [-0.4, -0.2) is 46.6 Å². The SMILES string of the molecule is CCC(CC)N1CCC(c2cc(Nc3cc(C#N)ccn3)nc(N3CCC4CC43)c2)CC1. The number of piperidine rings is 2. The molecule has 2 saturated heterocycles. The third kappa shape index (κ3) is 4.31. The van der Waals surface area contributed by atoms with Crippen LogP contribution in [0, 0.1) is 17.2 Å². The standard InChI is InChI=1S/C26H34N6/c1-3-22(4-2)31-10-6-19(7-11-31)21-15-25(29-24-13-18(17-27)5-9-28-24)30-26(16-21)32-12-8-20-14-23(20)32/h5,9,13,15-16,19-20,22-23H,3-4,6-8,10-12,14H2,1-2H3,(H,28,29,30). The lowest BCUT2D eigenvalue weighted by Crippen LogP contribution is -2.40. The van der Waals surface area contributed by atoms with Crippen molar-refractivity contribution < 1.29 is 0 Å². The van der Waals surface area contributed by atoms with E-state index in [4.69, 9.17) is 4.98 Å². The van der Waals surface area contributed by atoms with Crippen molar-refractivity contribution in [3.8, 4) is 6.07 Å². The average molecular weight is 431 g/mol. The molecule has 1 saturated carbocycles. The molecular formula is C26H34N6. The van der Waals surface area contributed by atoms with Crippen LogP contribution in [0.15, 0.2) is 30.5 Å². The maximum absolute atomic E-state index is 9.23. The number of hydrogen-bond acceptors (Lipinski definition) is 6. The first-order valence-corrected chi connectivity index (χ1v) is 12.3. The summed E-state index contributed by atoms with van der Waals surface area (Å²) >= 11 is 0. The molecule has 4 heterocycles. The highest BCUT2D eigenvalue weighted by atomic mass is 15.3. The minimum atomic E-state index is 0.568. The molecule has 1 N–H and O–H groups in total. The number of anilines is 3. The third-order valence-electron chi connectivity index (χ3n) is 7.76. The summed E-state index contributed by atoms with van der Waals surface area (Å²) in [5.41, 5.74) is 2.00. The van der Waals surface area contributed by atoms with Gasteiger partial charge in [-0.05, 0) is 93.3 Å². The van der Waals surface area contributed by atoms with E-state index in [0.717, 1.165) is 30.1 Å². The Morgan fingerprint density at radius 1 is 1.09 bits per heavy atom. The zero-order valence-electron chi connectivity index (χ0n) is 19.3. The Balaban J connectivity index is 1.39. The van der Waals surface area contributed by atoms with Gasteiger partial charge in [-0.2, -0.15) is 5.26 Å². The molecule has 6 nitrogen and oxygen atoms in total. The normalized spacial score (nSPS) is 23.2. The van der Waals surface area contributed by atoms with Gasteiger partial charge in [0.2, 0.25) is 0 Å². The van der Waals surface area contributed by atoms with Crippen LogP contribution in [0.4, 0.5) is 17.5 Å². The second kappa shape index (κ2) is 9.07. The van der Waals surface area contributed by atoms with Crippen molar-refractivity contribution in [2.75, 3.05) is 29.9 Å². The molecule has 0 radical (unpaired) electrons. The second-order valence-electron chi connectivity index (χ2n) is 9.64. The van der Waals surface area contributed by atoms with Gasteiger partial charge < -0.3 is 15.1 Å². The Kier molecular flexibility index (Phi) is 6.01. The Morgan fingerprint density at radius 3 is 2.56 bits per heavy atom. The molecule has 168 valence electrons. The van der Waals surface area contributed by atoms with E-state index in [-0.39, 0.29) is 0 Å². The Hall–Kier alpha value is -2.65. The number of hydrogen-bond donors (Lipinski definition) is 1. The summed E-state index contributed by atoms with van der Waals surface area (Å²) in [6, 6.07) is 11.7. The Bertz CT molecular complexity index is 986. The van der Waals surface area contributed by atoms with E-state index in [1.807, 2.05) is 0 Å². The zero-order chi connectivity index (χ0) is 22.1. The largest absolute Gasteiger partial charge is 0.353 e. The van der Waals surface area contributed by atoms with Crippen molar-refractivity contribution >= 4 is 17.5 Å². The van der Waals surface area contributed by atoms with Gasteiger partial charge >= 0.3 is 0 Å². The predicted octanol–water partition coefficient (Wildman–Crippen LogP) is 5.06. The number of nitrogens with one attached hydrogen (secondary N) is 1. The number of fused-ring (bicyclic) bond motifs is 1. The molecule has 0 bridgehead atoms. The van der Waals surface area contributed by atoms with Crippen LogP contribution < -0.4 is 10.2 Å². The van der Waals surface area contributed by atoms with Gasteiger partial charge in [-0.25, -0.2) is 9.97 Å². The quantitative estimate of drug-likeness (QED) is 0.662. The molecule has 32 heavy (non-hydrogen) atoms. The summed E-state index contributed by atoms with van der Waals surface area (Å²) in [4.78, 5) is 14.6.